The monoisotopic (exact) mass is 598 g/mol. The summed E-state index contributed by atoms with van der Waals surface area (Å²) in [6.07, 6.45) is -16.6. The van der Waals surface area contributed by atoms with Crippen LogP contribution in [0.1, 0.15) is 41.0 Å². The number of hydrogen-bond acceptors (Lipinski definition) is 3. The van der Waals surface area contributed by atoms with E-state index < -0.39 is 65.7 Å². The van der Waals surface area contributed by atoms with Crippen LogP contribution in [0.3, 0.4) is 0 Å². The lowest BCUT2D eigenvalue weighted by Crippen LogP contribution is -2.32. The topological polar surface area (TPSA) is 42.4 Å². The molecule has 0 radical (unpaired) electrons. The first-order valence-corrected chi connectivity index (χ1v) is 10.0. The minimum absolute atomic E-state index is 0.0300. The van der Waals surface area contributed by atoms with Crippen molar-refractivity contribution < 1.29 is 49.0 Å². The minimum Gasteiger partial charge on any atom is -0.439 e. The van der Waals surface area contributed by atoms with E-state index in [1.807, 2.05) is 0 Å². The molecule has 0 saturated carbocycles. The van der Waals surface area contributed by atoms with Crippen LogP contribution in [0.5, 0.6) is 0 Å². The van der Waals surface area contributed by atoms with Gasteiger partial charge in [-0.3, -0.25) is 9.88 Å². The fraction of sp³-hybridized carbons (Fsp3) is 0.368. The van der Waals surface area contributed by atoms with Crippen LogP contribution in [0.15, 0.2) is 30.5 Å². The van der Waals surface area contributed by atoms with Crippen LogP contribution >= 0.6 is 22.6 Å². The highest BCUT2D eigenvalue weighted by molar-refractivity contribution is 14.1. The maximum atomic E-state index is 13.2. The summed E-state index contributed by atoms with van der Waals surface area (Å²) in [6.45, 7) is 0.882. The fourth-order valence-electron chi connectivity index (χ4n) is 3.24. The standard InChI is InChI=1S/C19H12F9IN2O2/c1-8-15(9-2-11(17(20,21)22)5-12(3-9)18(23,24)25)33-16(32)31(8)7-10-4-14(19(26,27)28)30-6-13(10)29/h2-6,8,15H,7H2,1H3/t8-,15-/m0/s1. The van der Waals surface area contributed by atoms with Crippen LogP contribution in [-0.4, -0.2) is 22.0 Å². The fourth-order valence-corrected chi connectivity index (χ4v) is 3.71. The van der Waals surface area contributed by atoms with E-state index in [9.17, 15) is 44.3 Å². The van der Waals surface area contributed by atoms with Crippen LogP contribution in [0.2, 0.25) is 0 Å². The van der Waals surface area contributed by atoms with E-state index in [2.05, 4.69) is 4.98 Å². The maximum absolute atomic E-state index is 13.2. The number of ether oxygens (including phenoxy) is 1. The van der Waals surface area contributed by atoms with E-state index in [1.54, 1.807) is 22.6 Å². The molecular formula is C19H12F9IN2O2. The van der Waals surface area contributed by atoms with Crippen molar-refractivity contribution in [3.63, 3.8) is 0 Å². The Labute approximate surface area is 193 Å². The molecule has 0 aliphatic carbocycles. The smallest absolute Gasteiger partial charge is 0.433 e. The Hall–Kier alpha value is -2.26. The number of amides is 1. The van der Waals surface area contributed by atoms with Crippen LogP contribution in [0.4, 0.5) is 44.3 Å². The molecule has 1 aromatic carbocycles. The molecule has 1 aliphatic heterocycles. The Morgan fingerprint density at radius 1 is 0.939 bits per heavy atom. The van der Waals surface area contributed by atoms with Crippen molar-refractivity contribution >= 4 is 28.7 Å². The van der Waals surface area contributed by atoms with Gasteiger partial charge in [-0.2, -0.15) is 39.5 Å². The van der Waals surface area contributed by atoms with E-state index in [0.717, 1.165) is 11.1 Å². The molecule has 33 heavy (non-hydrogen) atoms. The van der Waals surface area contributed by atoms with E-state index >= 15 is 0 Å². The molecule has 1 aromatic heterocycles. The van der Waals surface area contributed by atoms with Crippen molar-refractivity contribution in [2.45, 2.75) is 44.1 Å². The zero-order valence-electron chi connectivity index (χ0n) is 16.2. The van der Waals surface area contributed by atoms with Gasteiger partial charge in [-0.25, -0.2) is 4.79 Å². The molecule has 0 unspecified atom stereocenters. The molecule has 1 fully saturated rings. The zero-order valence-corrected chi connectivity index (χ0v) is 18.4. The summed E-state index contributed by atoms with van der Waals surface area (Å²) in [5, 5.41) is 0. The number of nitrogens with zero attached hydrogens (tertiary/aromatic N) is 2. The summed E-state index contributed by atoms with van der Waals surface area (Å²) in [5.41, 5.74) is -4.88. The first-order valence-electron chi connectivity index (χ1n) is 8.96. The normalized spacial score (nSPS) is 19.7. The van der Waals surface area contributed by atoms with Crippen molar-refractivity contribution in [2.24, 2.45) is 0 Å². The van der Waals surface area contributed by atoms with Gasteiger partial charge in [0, 0.05) is 9.77 Å². The molecule has 180 valence electrons. The van der Waals surface area contributed by atoms with Gasteiger partial charge in [-0.15, -0.1) is 0 Å². The number of alkyl halides is 9. The third kappa shape index (κ3) is 5.46. The number of cyclic esters (lactones) is 1. The first-order chi connectivity index (χ1) is 15.0. The average molecular weight is 598 g/mol. The Balaban J connectivity index is 1.96. The highest BCUT2D eigenvalue weighted by Crippen LogP contribution is 2.41. The zero-order chi connectivity index (χ0) is 24.9. The predicted molar refractivity (Wildman–Crippen MR) is 103 cm³/mol. The Kier molecular flexibility index (Phi) is 6.54. The minimum atomic E-state index is -5.09. The highest BCUT2D eigenvalue weighted by atomic mass is 127. The molecule has 0 spiro atoms. The van der Waals surface area contributed by atoms with Crippen molar-refractivity contribution in [1.82, 2.24) is 9.88 Å². The van der Waals surface area contributed by atoms with Gasteiger partial charge in [0.05, 0.1) is 23.7 Å². The molecule has 14 heteroatoms. The second-order valence-corrected chi connectivity index (χ2v) is 8.33. The SMILES string of the molecule is C[C@H]1[C@@H](c2cc(C(F)(F)F)cc(C(F)(F)F)c2)OC(=O)N1Cc1cc(C(F)(F)F)ncc1I. The van der Waals surface area contributed by atoms with Crippen molar-refractivity contribution in [1.29, 1.82) is 0 Å². The van der Waals surface area contributed by atoms with E-state index in [-0.39, 0.29) is 15.2 Å². The summed E-state index contributed by atoms with van der Waals surface area (Å²) in [4.78, 5) is 16.5. The van der Waals surface area contributed by atoms with Gasteiger partial charge in [0.15, 0.2) is 0 Å². The second-order valence-electron chi connectivity index (χ2n) is 7.17. The molecule has 3 rings (SSSR count). The number of benzene rings is 1. The van der Waals surface area contributed by atoms with Crippen molar-refractivity contribution in [3.8, 4) is 0 Å². The number of aromatic nitrogens is 1. The third-order valence-corrected chi connectivity index (χ3v) is 5.87. The Morgan fingerprint density at radius 2 is 1.48 bits per heavy atom. The number of pyridine rings is 1. The Morgan fingerprint density at radius 3 is 1.97 bits per heavy atom. The lowest BCUT2D eigenvalue weighted by Gasteiger charge is -2.23. The average Bonchev–Trinajstić information content (AvgIpc) is 2.95. The van der Waals surface area contributed by atoms with E-state index in [4.69, 9.17) is 4.74 Å². The number of carbonyl (C=O) groups excluding carboxylic acids is 1. The van der Waals surface area contributed by atoms with Gasteiger partial charge in [-0.1, -0.05) is 0 Å². The highest BCUT2D eigenvalue weighted by Gasteiger charge is 2.43. The summed E-state index contributed by atoms with van der Waals surface area (Å²) in [6, 6.07) is 0.471. The molecule has 0 bridgehead atoms. The molecule has 2 aromatic rings. The van der Waals surface area contributed by atoms with Crippen molar-refractivity contribution in [2.75, 3.05) is 0 Å². The molecule has 2 atom stereocenters. The van der Waals surface area contributed by atoms with Gasteiger partial charge in [0.1, 0.15) is 11.8 Å². The van der Waals surface area contributed by atoms with Crippen LogP contribution in [0.25, 0.3) is 0 Å². The Bertz CT molecular complexity index is 1030. The molecule has 2 heterocycles. The largest absolute Gasteiger partial charge is 0.439 e. The number of carbonyl (C=O) groups is 1. The van der Waals surface area contributed by atoms with Crippen LogP contribution in [-0.2, 0) is 29.8 Å². The van der Waals surface area contributed by atoms with Gasteiger partial charge < -0.3 is 4.74 Å². The van der Waals surface area contributed by atoms with Crippen LogP contribution < -0.4 is 0 Å². The number of halogens is 10. The van der Waals surface area contributed by atoms with E-state index in [1.165, 1.54) is 6.92 Å². The number of hydrogen-bond donors (Lipinski definition) is 0. The van der Waals surface area contributed by atoms with Gasteiger partial charge in [0.25, 0.3) is 0 Å². The molecule has 1 saturated heterocycles. The molecule has 1 amide bonds. The summed E-state index contributed by atoms with van der Waals surface area (Å²) in [7, 11) is 0. The molecular weight excluding hydrogens is 586 g/mol. The molecule has 4 nitrogen and oxygen atoms in total. The molecule has 1 aliphatic rings. The summed E-state index contributed by atoms with van der Waals surface area (Å²) < 4.78 is 123. The summed E-state index contributed by atoms with van der Waals surface area (Å²) >= 11 is 1.69. The number of rotatable bonds is 3. The van der Waals surface area contributed by atoms with Gasteiger partial charge in [-0.05, 0) is 64.9 Å². The predicted octanol–water partition coefficient (Wildman–Crippen LogP) is 6.82. The lowest BCUT2D eigenvalue weighted by atomic mass is 9.97. The first kappa shape index (κ1) is 25.4. The third-order valence-electron chi connectivity index (χ3n) is 4.90. The molecule has 0 N–H and O–H groups in total. The van der Waals surface area contributed by atoms with Gasteiger partial charge in [0.2, 0.25) is 0 Å². The maximum Gasteiger partial charge on any atom is 0.433 e. The lowest BCUT2D eigenvalue weighted by molar-refractivity contribution is -0.143. The van der Waals surface area contributed by atoms with E-state index in [0.29, 0.717) is 18.2 Å². The van der Waals surface area contributed by atoms with Crippen LogP contribution in [0, 0.1) is 3.57 Å². The second kappa shape index (κ2) is 8.51. The quantitative estimate of drug-likeness (QED) is 0.288. The van der Waals surface area contributed by atoms with Gasteiger partial charge >= 0.3 is 24.6 Å². The summed E-state index contributed by atoms with van der Waals surface area (Å²) in [5.74, 6) is 0. The van der Waals surface area contributed by atoms with Crippen molar-refractivity contribution in [3.05, 3.63) is 62.0 Å².